The first-order chi connectivity index (χ1) is 7.09. The van der Waals surface area contributed by atoms with Crippen LogP contribution in [0.2, 0.25) is 0 Å². The van der Waals surface area contributed by atoms with Gasteiger partial charge in [0.25, 0.3) is 5.11 Å². The van der Waals surface area contributed by atoms with E-state index in [1.165, 1.54) is 9.69 Å². The molecule has 1 radical (unpaired) electrons. The zero-order valence-corrected chi connectivity index (χ0v) is 10.0. The van der Waals surface area contributed by atoms with Crippen LogP contribution in [0, 0.1) is 4.77 Å². The predicted octanol–water partition coefficient (Wildman–Crippen LogP) is -1.66. The topological polar surface area (TPSA) is 68.6 Å². The highest BCUT2D eigenvalue weighted by Crippen LogP contribution is 2.01. The third-order valence-electron chi connectivity index (χ3n) is 2.10. The van der Waals surface area contributed by atoms with Gasteiger partial charge in [0.1, 0.15) is 5.22 Å². The van der Waals surface area contributed by atoms with Crippen LogP contribution in [0.25, 0.3) is 0 Å². The van der Waals surface area contributed by atoms with Crippen molar-refractivity contribution in [1.82, 2.24) is 34.9 Å². The first-order valence-corrected chi connectivity index (χ1v) is 5.11. The summed E-state index contributed by atoms with van der Waals surface area (Å²) in [6.07, 6.45) is 0. The van der Waals surface area contributed by atoms with E-state index < -0.39 is 7.55 Å². The molecule has 0 bridgehead atoms. The molecule has 79 valence electrons. The Hall–Kier alpha value is -1.36. The number of aromatic nitrogens is 4. The van der Waals surface area contributed by atoms with Gasteiger partial charge in [0.2, 0.25) is 0 Å². The monoisotopic (exact) mass is 243 g/mol. The Labute approximate surface area is 96.4 Å². The molecule has 1 aromatic rings. The molecule has 1 aromatic heterocycles. The van der Waals surface area contributed by atoms with E-state index in [1.807, 2.05) is 0 Å². The average Bonchev–Trinajstić information content (AvgIpc) is 2.68. The van der Waals surface area contributed by atoms with Crippen LogP contribution in [0.5, 0.6) is 0 Å². The normalized spacial score (nSPS) is 15.5. The summed E-state index contributed by atoms with van der Waals surface area (Å²) >= 11 is 10.2. The molecule has 15 heavy (non-hydrogen) atoms. The summed E-state index contributed by atoms with van der Waals surface area (Å²) in [6.45, 7) is 0. The van der Waals surface area contributed by atoms with Crippen LogP contribution in [-0.2, 0) is 7.05 Å². The van der Waals surface area contributed by atoms with E-state index >= 15 is 0 Å². The van der Waals surface area contributed by atoms with Gasteiger partial charge in [-0.1, -0.05) is 5.21 Å². The molecule has 1 aliphatic heterocycles. The van der Waals surface area contributed by atoms with E-state index in [-0.39, 0.29) is 0 Å². The Kier molecular flexibility index (Phi) is 2.48. The van der Waals surface area contributed by atoms with Crippen molar-refractivity contribution in [3.63, 3.8) is 0 Å². The number of hydrogen-bond donors (Lipinski definition) is 0. The molecule has 1 aliphatic rings. The highest BCUT2D eigenvalue weighted by atomic mass is 32.1. The minimum absolute atomic E-state index is 0.558. The van der Waals surface area contributed by atoms with E-state index in [4.69, 9.17) is 24.4 Å². The summed E-state index contributed by atoms with van der Waals surface area (Å²) in [5, 5.41) is 17.5. The Morgan fingerprint density at radius 1 is 1.27 bits per heavy atom. The smallest absolute Gasteiger partial charge is 0.310 e. The SMILES string of the molecule is CN1[N+]=NN([BH2-]n2nnn(C)c2=S)C1=S. The maximum Gasteiger partial charge on any atom is 0.310 e. The van der Waals surface area contributed by atoms with Gasteiger partial charge < -0.3 is 4.59 Å². The molecule has 0 atom stereocenters. The first kappa shape index (κ1) is 10.2. The second-order valence-electron chi connectivity index (χ2n) is 3.22. The van der Waals surface area contributed by atoms with Gasteiger partial charge in [0, 0.05) is 7.05 Å². The van der Waals surface area contributed by atoms with Gasteiger partial charge in [0.05, 0.1) is 7.05 Å². The maximum atomic E-state index is 5.11. The van der Waals surface area contributed by atoms with Gasteiger partial charge in [-0.05, 0) is 29.6 Å². The van der Waals surface area contributed by atoms with Gasteiger partial charge >= 0.3 is 7.55 Å². The molecule has 0 aromatic carbocycles. The maximum absolute atomic E-state index is 5.11. The van der Waals surface area contributed by atoms with Crippen molar-refractivity contribution in [3.8, 4) is 0 Å². The highest BCUT2D eigenvalue weighted by molar-refractivity contribution is 7.80. The number of nitrogens with zero attached hydrogens (tertiary/aromatic N) is 8. The van der Waals surface area contributed by atoms with Crippen molar-refractivity contribution >= 4 is 37.1 Å². The fraction of sp³-hybridized carbons (Fsp3) is 0.500. The predicted molar refractivity (Wildman–Crippen MR) is 60.5 cm³/mol. The van der Waals surface area contributed by atoms with Crippen LogP contribution < -0.4 is 5.22 Å². The number of thiocarbonyl (C=S) groups is 1. The minimum atomic E-state index is -0.881. The molecule has 0 amide bonds. The second kappa shape index (κ2) is 3.66. The first-order valence-electron chi connectivity index (χ1n) is 4.29. The van der Waals surface area contributed by atoms with Gasteiger partial charge in [-0.3, -0.25) is 4.92 Å². The van der Waals surface area contributed by atoms with Gasteiger partial charge in [-0.2, -0.15) is 0 Å². The summed E-state index contributed by atoms with van der Waals surface area (Å²) in [5.41, 5.74) is 0. The number of aryl methyl sites for hydroxylation is 1. The van der Waals surface area contributed by atoms with E-state index in [9.17, 15) is 0 Å². The van der Waals surface area contributed by atoms with Gasteiger partial charge in [-0.25, -0.2) is 4.68 Å². The number of rotatable bonds is 2. The molecule has 8 nitrogen and oxygen atoms in total. The van der Waals surface area contributed by atoms with Crippen molar-refractivity contribution in [3.05, 3.63) is 4.77 Å². The summed E-state index contributed by atoms with van der Waals surface area (Å²) < 4.78 is 3.72. The molecule has 0 spiro atoms. The summed E-state index contributed by atoms with van der Waals surface area (Å²) in [5.74, 6) is 0. The molecule has 0 unspecified atom stereocenters. The largest absolute Gasteiger partial charge is 0.354 e. The lowest BCUT2D eigenvalue weighted by Crippen LogP contribution is -2.36. The zero-order chi connectivity index (χ0) is 11.0. The zero-order valence-electron chi connectivity index (χ0n) is 8.39. The minimum Gasteiger partial charge on any atom is -0.354 e. The number of hydrogen-bond acceptors (Lipinski definition) is 6. The van der Waals surface area contributed by atoms with Crippen LogP contribution in [0.4, 0.5) is 0 Å². The lowest BCUT2D eigenvalue weighted by atomic mass is 10.2. The Morgan fingerprint density at radius 2 is 2.00 bits per heavy atom. The molecule has 0 aliphatic carbocycles. The second-order valence-corrected chi connectivity index (χ2v) is 3.95. The fourth-order valence-corrected chi connectivity index (χ4v) is 1.55. The average molecular weight is 243 g/mol. The molecule has 0 saturated heterocycles. The van der Waals surface area contributed by atoms with Crippen LogP contribution in [-0.4, -0.2) is 49.3 Å². The van der Waals surface area contributed by atoms with Crippen molar-refractivity contribution in [2.24, 2.45) is 12.3 Å². The Balaban J connectivity index is 2.17. The lowest BCUT2D eigenvalue weighted by Gasteiger charge is -2.11. The van der Waals surface area contributed by atoms with Crippen molar-refractivity contribution < 1.29 is 0 Å². The van der Waals surface area contributed by atoms with Crippen molar-refractivity contribution in [2.45, 2.75) is 0 Å². The lowest BCUT2D eigenvalue weighted by molar-refractivity contribution is 0.467. The van der Waals surface area contributed by atoms with Crippen LogP contribution in [0.3, 0.4) is 0 Å². The van der Waals surface area contributed by atoms with Crippen molar-refractivity contribution in [2.75, 3.05) is 7.05 Å². The standard InChI is InChI=1S/C4H8BN8S2/c1-10-3(14)12(8-6-10)5-13-4(15)11(2)7-9-13/h5H2,1-2H3. The van der Waals surface area contributed by atoms with Crippen LogP contribution in [0.15, 0.2) is 5.22 Å². The summed E-state index contributed by atoms with van der Waals surface area (Å²) in [4.78, 5) is 1.64. The molecule has 0 saturated carbocycles. The molecular formula is C4H8BN8S2. The Morgan fingerprint density at radius 3 is 2.47 bits per heavy atom. The third kappa shape index (κ3) is 1.75. The summed E-state index contributed by atoms with van der Waals surface area (Å²) in [7, 11) is 2.61. The van der Waals surface area contributed by atoms with Crippen molar-refractivity contribution in [1.29, 1.82) is 0 Å². The molecule has 0 fully saturated rings. The van der Waals surface area contributed by atoms with Crippen LogP contribution in [0.1, 0.15) is 0 Å². The van der Waals surface area contributed by atoms with Gasteiger partial charge in [0.15, 0.2) is 9.99 Å². The molecule has 11 heteroatoms. The highest BCUT2D eigenvalue weighted by Gasteiger charge is 2.26. The molecule has 2 heterocycles. The third-order valence-corrected chi connectivity index (χ3v) is 3.16. The summed E-state index contributed by atoms with van der Waals surface area (Å²) in [6, 6.07) is 0. The van der Waals surface area contributed by atoms with E-state index in [0.29, 0.717) is 9.88 Å². The van der Waals surface area contributed by atoms with E-state index in [0.717, 1.165) is 0 Å². The van der Waals surface area contributed by atoms with E-state index in [2.05, 4.69) is 20.9 Å². The van der Waals surface area contributed by atoms with E-state index in [1.54, 1.807) is 23.6 Å². The number of tetrazole rings is 1. The van der Waals surface area contributed by atoms with Crippen LogP contribution >= 0.6 is 24.4 Å². The molecular weight excluding hydrogens is 235 g/mol. The quantitative estimate of drug-likeness (QED) is 0.457. The Bertz CT molecular complexity index is 475. The molecule has 2 rings (SSSR count). The molecule has 0 N–H and O–H groups in total. The van der Waals surface area contributed by atoms with Gasteiger partial charge in [-0.15, -0.1) is 5.01 Å². The fourth-order valence-electron chi connectivity index (χ4n) is 1.24.